The highest BCUT2D eigenvalue weighted by Gasteiger charge is 2.05. The van der Waals surface area contributed by atoms with Gasteiger partial charge in [-0.05, 0) is 42.2 Å². The van der Waals surface area contributed by atoms with Crippen LogP contribution in [0, 0.1) is 0 Å². The largest absolute Gasteiger partial charge is 0.497 e. The van der Waals surface area contributed by atoms with Crippen molar-refractivity contribution < 1.29 is 14.2 Å². The third-order valence-corrected chi connectivity index (χ3v) is 3.29. The van der Waals surface area contributed by atoms with E-state index in [-0.39, 0.29) is 0 Å². The van der Waals surface area contributed by atoms with E-state index in [9.17, 15) is 0 Å². The van der Waals surface area contributed by atoms with Gasteiger partial charge in [0.1, 0.15) is 17.2 Å². The Hall–Kier alpha value is -2.16. The predicted octanol–water partition coefficient (Wildman–Crippen LogP) is 3.50. The highest BCUT2D eigenvalue weighted by atomic mass is 16.5. The van der Waals surface area contributed by atoms with Gasteiger partial charge in [0.15, 0.2) is 0 Å². The minimum absolute atomic E-state index is 0.819. The van der Waals surface area contributed by atoms with Crippen LogP contribution in [0.4, 0.5) is 0 Å². The first-order valence-electron chi connectivity index (χ1n) is 6.60. The van der Waals surface area contributed by atoms with Gasteiger partial charge in [-0.25, -0.2) is 0 Å². The first kappa shape index (κ1) is 14.3. The van der Waals surface area contributed by atoms with Crippen molar-refractivity contribution in [2.45, 2.75) is 12.8 Å². The molecule has 0 saturated carbocycles. The Balaban J connectivity index is 2.14. The molecular weight excluding hydrogens is 252 g/mol. The van der Waals surface area contributed by atoms with Crippen LogP contribution in [0.3, 0.4) is 0 Å². The maximum Gasteiger partial charge on any atom is 0.122 e. The van der Waals surface area contributed by atoms with Crippen molar-refractivity contribution in [2.75, 3.05) is 21.3 Å². The van der Waals surface area contributed by atoms with Gasteiger partial charge in [0.2, 0.25) is 0 Å². The molecule has 106 valence electrons. The molecule has 0 saturated heterocycles. The minimum Gasteiger partial charge on any atom is -0.497 e. The van der Waals surface area contributed by atoms with E-state index in [1.807, 2.05) is 36.4 Å². The highest BCUT2D eigenvalue weighted by Crippen LogP contribution is 2.25. The average molecular weight is 272 g/mol. The topological polar surface area (TPSA) is 27.7 Å². The second-order valence-electron chi connectivity index (χ2n) is 4.53. The number of ether oxygens (including phenoxy) is 3. The monoisotopic (exact) mass is 272 g/mol. The van der Waals surface area contributed by atoms with Crippen LogP contribution in [0.5, 0.6) is 17.2 Å². The smallest absolute Gasteiger partial charge is 0.122 e. The maximum atomic E-state index is 5.37. The average Bonchev–Trinajstić information content (AvgIpc) is 2.52. The van der Waals surface area contributed by atoms with E-state index in [0.717, 1.165) is 30.1 Å². The Morgan fingerprint density at radius 2 is 1.40 bits per heavy atom. The summed E-state index contributed by atoms with van der Waals surface area (Å²) in [7, 11) is 5.03. The van der Waals surface area contributed by atoms with Gasteiger partial charge in [0, 0.05) is 6.07 Å². The molecule has 0 bridgehead atoms. The lowest BCUT2D eigenvalue weighted by molar-refractivity contribution is 0.393. The second kappa shape index (κ2) is 6.85. The lowest BCUT2D eigenvalue weighted by Crippen LogP contribution is -1.97. The van der Waals surface area contributed by atoms with E-state index in [4.69, 9.17) is 14.2 Å². The molecule has 2 aromatic rings. The van der Waals surface area contributed by atoms with Gasteiger partial charge < -0.3 is 14.2 Å². The fourth-order valence-corrected chi connectivity index (χ4v) is 2.20. The molecule has 0 amide bonds. The summed E-state index contributed by atoms with van der Waals surface area (Å²) in [5, 5.41) is 0. The summed E-state index contributed by atoms with van der Waals surface area (Å²) in [5.74, 6) is 2.57. The van der Waals surface area contributed by atoms with Gasteiger partial charge in [0.05, 0.1) is 21.3 Å². The number of hydrogen-bond donors (Lipinski definition) is 0. The van der Waals surface area contributed by atoms with Crippen LogP contribution in [-0.2, 0) is 12.8 Å². The van der Waals surface area contributed by atoms with Crippen molar-refractivity contribution in [3.05, 3.63) is 53.6 Å². The standard InChI is InChI=1S/C17H20O3/c1-18-15-10-13(11-16(12-15)19-2)8-9-14-6-4-5-7-17(14)20-3/h4-7,10-12H,8-9H2,1-3H3. The summed E-state index contributed by atoms with van der Waals surface area (Å²) >= 11 is 0. The zero-order chi connectivity index (χ0) is 14.4. The van der Waals surface area contributed by atoms with Crippen LogP contribution in [0.25, 0.3) is 0 Å². The highest BCUT2D eigenvalue weighted by molar-refractivity contribution is 5.40. The van der Waals surface area contributed by atoms with Crippen molar-refractivity contribution in [3.63, 3.8) is 0 Å². The minimum atomic E-state index is 0.819. The molecule has 2 aromatic carbocycles. The Morgan fingerprint density at radius 1 is 0.750 bits per heavy atom. The van der Waals surface area contributed by atoms with Crippen LogP contribution < -0.4 is 14.2 Å². The van der Waals surface area contributed by atoms with Crippen molar-refractivity contribution in [1.29, 1.82) is 0 Å². The van der Waals surface area contributed by atoms with Gasteiger partial charge in [-0.2, -0.15) is 0 Å². The number of benzene rings is 2. The van der Waals surface area contributed by atoms with Gasteiger partial charge >= 0.3 is 0 Å². The molecule has 0 N–H and O–H groups in total. The Morgan fingerprint density at radius 3 is 2.00 bits per heavy atom. The van der Waals surface area contributed by atoms with Crippen molar-refractivity contribution >= 4 is 0 Å². The summed E-state index contributed by atoms with van der Waals surface area (Å²) in [6.07, 6.45) is 1.83. The van der Waals surface area contributed by atoms with E-state index in [1.165, 1.54) is 11.1 Å². The number of hydrogen-bond acceptors (Lipinski definition) is 3. The van der Waals surface area contributed by atoms with Gasteiger partial charge in [-0.15, -0.1) is 0 Å². The molecule has 0 aliphatic heterocycles. The lowest BCUT2D eigenvalue weighted by atomic mass is 10.0. The lowest BCUT2D eigenvalue weighted by Gasteiger charge is -2.10. The first-order chi connectivity index (χ1) is 9.76. The molecule has 2 rings (SSSR count). The van der Waals surface area contributed by atoms with E-state index >= 15 is 0 Å². The Labute approximate surface area is 120 Å². The summed E-state index contributed by atoms with van der Waals surface area (Å²) in [6.45, 7) is 0. The molecule has 3 nitrogen and oxygen atoms in total. The van der Waals surface area contributed by atoms with Crippen LogP contribution in [-0.4, -0.2) is 21.3 Å². The predicted molar refractivity (Wildman–Crippen MR) is 79.9 cm³/mol. The molecule has 0 aliphatic carbocycles. The number of methoxy groups -OCH3 is 3. The quantitative estimate of drug-likeness (QED) is 0.805. The van der Waals surface area contributed by atoms with Crippen LogP contribution >= 0.6 is 0 Å². The van der Waals surface area contributed by atoms with Crippen LogP contribution in [0.2, 0.25) is 0 Å². The summed E-state index contributed by atoms with van der Waals surface area (Å²) < 4.78 is 16.0. The number of para-hydroxylation sites is 1. The van der Waals surface area contributed by atoms with Crippen molar-refractivity contribution in [1.82, 2.24) is 0 Å². The fourth-order valence-electron chi connectivity index (χ4n) is 2.20. The third-order valence-electron chi connectivity index (χ3n) is 3.29. The summed E-state index contributed by atoms with van der Waals surface area (Å²) in [6, 6.07) is 14.1. The van der Waals surface area contributed by atoms with Crippen LogP contribution in [0.1, 0.15) is 11.1 Å². The van der Waals surface area contributed by atoms with Crippen molar-refractivity contribution in [3.8, 4) is 17.2 Å². The third kappa shape index (κ3) is 3.44. The summed E-state index contributed by atoms with van der Waals surface area (Å²) in [4.78, 5) is 0. The number of aryl methyl sites for hydroxylation is 2. The molecule has 3 heteroatoms. The van der Waals surface area contributed by atoms with E-state index in [2.05, 4.69) is 6.07 Å². The zero-order valence-corrected chi connectivity index (χ0v) is 12.2. The molecule has 0 heterocycles. The van der Waals surface area contributed by atoms with Gasteiger partial charge in [-0.3, -0.25) is 0 Å². The van der Waals surface area contributed by atoms with E-state index in [1.54, 1.807) is 21.3 Å². The molecule has 0 atom stereocenters. The maximum absolute atomic E-state index is 5.37. The Kier molecular flexibility index (Phi) is 4.88. The first-order valence-corrected chi connectivity index (χ1v) is 6.60. The Bertz CT molecular complexity index is 542. The molecule has 0 fully saturated rings. The van der Waals surface area contributed by atoms with Gasteiger partial charge in [-0.1, -0.05) is 18.2 Å². The molecular formula is C17H20O3. The van der Waals surface area contributed by atoms with E-state index in [0.29, 0.717) is 0 Å². The SMILES string of the molecule is COc1cc(CCc2ccccc2OC)cc(OC)c1. The number of rotatable bonds is 6. The molecule has 20 heavy (non-hydrogen) atoms. The van der Waals surface area contributed by atoms with Gasteiger partial charge in [0.25, 0.3) is 0 Å². The molecule has 0 radical (unpaired) electrons. The molecule has 0 aliphatic rings. The van der Waals surface area contributed by atoms with E-state index < -0.39 is 0 Å². The molecule has 0 aromatic heterocycles. The molecule has 0 unspecified atom stereocenters. The normalized spacial score (nSPS) is 10.2. The summed E-state index contributed by atoms with van der Waals surface area (Å²) in [5.41, 5.74) is 2.39. The zero-order valence-electron chi connectivity index (χ0n) is 12.2. The second-order valence-corrected chi connectivity index (χ2v) is 4.53. The molecule has 0 spiro atoms. The van der Waals surface area contributed by atoms with Crippen molar-refractivity contribution in [2.24, 2.45) is 0 Å². The van der Waals surface area contributed by atoms with Crippen LogP contribution in [0.15, 0.2) is 42.5 Å². The fraction of sp³-hybridized carbons (Fsp3) is 0.294.